The maximum Gasteiger partial charge on any atom is 0.138 e. The van der Waals surface area contributed by atoms with Crippen molar-refractivity contribution >= 4 is 28.8 Å². The van der Waals surface area contributed by atoms with Gasteiger partial charge in [-0.1, -0.05) is 36.7 Å². The van der Waals surface area contributed by atoms with Gasteiger partial charge in [0.05, 0.1) is 0 Å². The highest BCUT2D eigenvalue weighted by atomic mass is 35.5. The lowest BCUT2D eigenvalue weighted by molar-refractivity contribution is 1.22. The summed E-state index contributed by atoms with van der Waals surface area (Å²) in [5.41, 5.74) is 1.85. The second kappa shape index (κ2) is 3.92. The van der Waals surface area contributed by atoms with Gasteiger partial charge in [-0.15, -0.1) is 0 Å². The van der Waals surface area contributed by atoms with Crippen LogP contribution in [0.2, 0.25) is 10.3 Å². The number of halogens is 2. The van der Waals surface area contributed by atoms with Crippen molar-refractivity contribution in [3.05, 3.63) is 34.6 Å². The quantitative estimate of drug-likeness (QED) is 0.664. The molecule has 3 heteroatoms. The Morgan fingerprint density at radius 1 is 1.50 bits per heavy atom. The van der Waals surface area contributed by atoms with Crippen molar-refractivity contribution in [3.63, 3.8) is 0 Å². The van der Waals surface area contributed by atoms with Gasteiger partial charge in [0.25, 0.3) is 0 Å². The Kier molecular flexibility index (Phi) is 3.12. The van der Waals surface area contributed by atoms with E-state index in [-0.39, 0.29) is 0 Å². The summed E-state index contributed by atoms with van der Waals surface area (Å²) >= 11 is 11.5. The van der Waals surface area contributed by atoms with Gasteiger partial charge in [0.1, 0.15) is 10.3 Å². The van der Waals surface area contributed by atoms with E-state index in [9.17, 15) is 0 Å². The molecule has 0 aromatic carbocycles. The molecule has 0 N–H and O–H groups in total. The van der Waals surface area contributed by atoms with Gasteiger partial charge >= 0.3 is 0 Å². The molecule has 0 bridgehead atoms. The number of rotatable bonds is 2. The molecule has 0 unspecified atom stereocenters. The Hall–Kier alpha value is -0.530. The minimum Gasteiger partial charge on any atom is -0.224 e. The van der Waals surface area contributed by atoms with E-state index in [1.165, 1.54) is 0 Å². The average Bonchev–Trinajstić information content (AvgIpc) is 2.03. The van der Waals surface area contributed by atoms with Crippen LogP contribution in [-0.4, -0.2) is 4.98 Å². The Morgan fingerprint density at radius 2 is 2.17 bits per heavy atom. The summed E-state index contributed by atoms with van der Waals surface area (Å²) in [7, 11) is 0. The fourth-order valence-corrected chi connectivity index (χ4v) is 1.34. The first-order chi connectivity index (χ1) is 5.65. The van der Waals surface area contributed by atoms with Crippen LogP contribution in [0.25, 0.3) is 5.57 Å². The summed E-state index contributed by atoms with van der Waals surface area (Å²) in [5, 5.41) is 0.835. The van der Waals surface area contributed by atoms with E-state index in [0.717, 1.165) is 17.6 Å². The normalized spacial score (nSPS) is 9.92. The van der Waals surface area contributed by atoms with Gasteiger partial charge in [-0.25, -0.2) is 4.98 Å². The summed E-state index contributed by atoms with van der Waals surface area (Å²) < 4.78 is 0. The predicted molar refractivity (Wildman–Crippen MR) is 53.6 cm³/mol. The molecule has 0 aliphatic rings. The number of allylic oxidation sites excluding steroid dienone is 1. The lowest BCUT2D eigenvalue weighted by Gasteiger charge is -2.03. The Morgan fingerprint density at radius 3 is 2.67 bits per heavy atom. The first-order valence-corrected chi connectivity index (χ1v) is 4.41. The van der Waals surface area contributed by atoms with Gasteiger partial charge in [-0.3, -0.25) is 0 Å². The average molecular weight is 202 g/mol. The van der Waals surface area contributed by atoms with Crippen LogP contribution in [-0.2, 0) is 0 Å². The van der Waals surface area contributed by atoms with Crippen molar-refractivity contribution in [2.45, 2.75) is 13.3 Å². The molecule has 0 aliphatic heterocycles. The number of aromatic nitrogens is 1. The number of hydrogen-bond donors (Lipinski definition) is 0. The molecule has 64 valence electrons. The van der Waals surface area contributed by atoms with E-state index < -0.39 is 0 Å². The molecule has 0 atom stereocenters. The topological polar surface area (TPSA) is 12.9 Å². The summed E-state index contributed by atoms with van der Waals surface area (Å²) in [6, 6.07) is 3.55. The summed E-state index contributed by atoms with van der Waals surface area (Å²) in [4.78, 5) is 3.91. The lowest BCUT2D eigenvalue weighted by atomic mass is 10.1. The first kappa shape index (κ1) is 9.56. The zero-order chi connectivity index (χ0) is 9.14. The molecule has 12 heavy (non-hydrogen) atoms. The smallest absolute Gasteiger partial charge is 0.138 e. The Labute approximate surface area is 82.0 Å². The van der Waals surface area contributed by atoms with Crippen molar-refractivity contribution in [1.29, 1.82) is 0 Å². The second-order valence-corrected chi connectivity index (χ2v) is 3.17. The molecule has 0 saturated heterocycles. The molecule has 0 fully saturated rings. The summed E-state index contributed by atoms with van der Waals surface area (Å²) in [5.74, 6) is 0. The lowest BCUT2D eigenvalue weighted by Crippen LogP contribution is -1.86. The third-order valence-electron chi connectivity index (χ3n) is 1.62. The van der Waals surface area contributed by atoms with Gasteiger partial charge in [-0.05, 0) is 24.1 Å². The van der Waals surface area contributed by atoms with Crippen molar-refractivity contribution < 1.29 is 0 Å². The molecule has 1 nitrogen and oxygen atoms in total. The molecule has 0 spiro atoms. The fraction of sp³-hybridized carbons (Fsp3) is 0.222. The largest absolute Gasteiger partial charge is 0.224 e. The van der Waals surface area contributed by atoms with Gasteiger partial charge in [0, 0.05) is 5.56 Å². The van der Waals surface area contributed by atoms with Gasteiger partial charge in [0.2, 0.25) is 0 Å². The van der Waals surface area contributed by atoms with E-state index in [4.69, 9.17) is 23.2 Å². The van der Waals surface area contributed by atoms with Crippen LogP contribution in [0.3, 0.4) is 0 Å². The third kappa shape index (κ3) is 1.99. The Bertz CT molecular complexity index is 307. The van der Waals surface area contributed by atoms with E-state index in [1.54, 1.807) is 6.07 Å². The maximum atomic E-state index is 5.85. The standard InChI is InChI=1S/C9H9Cl2N/c1-3-6(2)7-4-5-8(10)12-9(7)11/h4-5H,2-3H2,1H3. The molecule has 0 radical (unpaired) electrons. The van der Waals surface area contributed by atoms with E-state index >= 15 is 0 Å². The van der Waals surface area contributed by atoms with Crippen LogP contribution < -0.4 is 0 Å². The molecular weight excluding hydrogens is 193 g/mol. The van der Waals surface area contributed by atoms with Crippen LogP contribution >= 0.6 is 23.2 Å². The van der Waals surface area contributed by atoms with E-state index in [1.807, 2.05) is 13.0 Å². The molecule has 1 aromatic rings. The van der Waals surface area contributed by atoms with E-state index in [2.05, 4.69) is 11.6 Å². The first-order valence-electron chi connectivity index (χ1n) is 3.65. The monoisotopic (exact) mass is 201 g/mol. The molecule has 0 saturated carbocycles. The van der Waals surface area contributed by atoms with Crippen LogP contribution in [0.1, 0.15) is 18.9 Å². The predicted octanol–water partition coefficient (Wildman–Crippen LogP) is 3.81. The minimum atomic E-state index is 0.410. The van der Waals surface area contributed by atoms with Crippen molar-refractivity contribution in [3.8, 4) is 0 Å². The highest BCUT2D eigenvalue weighted by Crippen LogP contribution is 2.24. The SMILES string of the molecule is C=C(CC)c1ccc(Cl)nc1Cl. The van der Waals surface area contributed by atoms with E-state index in [0.29, 0.717) is 10.3 Å². The summed E-state index contributed by atoms with van der Waals surface area (Å²) in [6.07, 6.45) is 0.864. The molecule has 1 aromatic heterocycles. The van der Waals surface area contributed by atoms with Crippen molar-refractivity contribution in [2.75, 3.05) is 0 Å². The minimum absolute atomic E-state index is 0.410. The highest BCUT2D eigenvalue weighted by Gasteiger charge is 2.03. The van der Waals surface area contributed by atoms with Crippen molar-refractivity contribution in [2.24, 2.45) is 0 Å². The highest BCUT2D eigenvalue weighted by molar-refractivity contribution is 6.33. The Balaban J connectivity index is 3.09. The number of nitrogens with zero attached hydrogens (tertiary/aromatic N) is 1. The van der Waals surface area contributed by atoms with Crippen LogP contribution in [0.15, 0.2) is 18.7 Å². The second-order valence-electron chi connectivity index (χ2n) is 2.43. The maximum absolute atomic E-state index is 5.85. The van der Waals surface area contributed by atoms with Gasteiger partial charge < -0.3 is 0 Å². The molecule has 0 aliphatic carbocycles. The van der Waals surface area contributed by atoms with Gasteiger partial charge in [0.15, 0.2) is 0 Å². The molecule has 1 heterocycles. The van der Waals surface area contributed by atoms with Crippen LogP contribution in [0, 0.1) is 0 Å². The third-order valence-corrected chi connectivity index (χ3v) is 2.12. The van der Waals surface area contributed by atoms with Crippen LogP contribution in [0.4, 0.5) is 0 Å². The zero-order valence-corrected chi connectivity index (χ0v) is 8.28. The summed E-state index contributed by atoms with van der Waals surface area (Å²) in [6.45, 7) is 5.89. The number of hydrogen-bond acceptors (Lipinski definition) is 1. The zero-order valence-electron chi connectivity index (χ0n) is 6.77. The van der Waals surface area contributed by atoms with Crippen molar-refractivity contribution in [1.82, 2.24) is 4.98 Å². The van der Waals surface area contributed by atoms with Crippen LogP contribution in [0.5, 0.6) is 0 Å². The van der Waals surface area contributed by atoms with Gasteiger partial charge in [-0.2, -0.15) is 0 Å². The number of pyridine rings is 1. The fourth-order valence-electron chi connectivity index (χ4n) is 0.866. The molecule has 0 amide bonds. The molecule has 1 rings (SSSR count). The molecular formula is C9H9Cl2N.